The number of carbonyl (C=O) groups excluding carboxylic acids is 2. The average Bonchev–Trinajstić information content (AvgIpc) is 3.76. The summed E-state index contributed by atoms with van der Waals surface area (Å²) < 4.78 is 27.4. The van der Waals surface area contributed by atoms with Crippen molar-refractivity contribution < 1.29 is 23.5 Å². The molecule has 0 amide bonds. The number of nitrogens with one attached hydrogen (secondary N) is 2. The predicted octanol–water partition coefficient (Wildman–Crippen LogP) is 8.83. The van der Waals surface area contributed by atoms with Gasteiger partial charge < -0.3 is 20.1 Å². The second-order valence-electron chi connectivity index (χ2n) is 13.5. The van der Waals surface area contributed by atoms with Gasteiger partial charge in [-0.2, -0.15) is 19.6 Å². The van der Waals surface area contributed by atoms with Crippen LogP contribution in [-0.4, -0.2) is 62.9 Å². The summed E-state index contributed by atoms with van der Waals surface area (Å²) in [7, 11) is 0. The van der Waals surface area contributed by atoms with Gasteiger partial charge in [-0.05, 0) is 108 Å². The molecule has 53 heavy (non-hydrogen) atoms. The number of aromatic nitrogens is 8. The SMILES string of the molecule is CC(C)(C)OC(=O)n1cc(-c2ccc(Nc3ccnc(Cl)n3)cc2)cn1.Cc1nccc(Nc2ccc(-c3cnn(C(=O)OC(C)(C)C)c3)c(F)c2)n1. The fourth-order valence-corrected chi connectivity index (χ4v) is 4.70. The molecule has 0 aliphatic rings. The van der Waals surface area contributed by atoms with Crippen molar-refractivity contribution in [1.29, 1.82) is 0 Å². The Kier molecular flexibility index (Phi) is 11.5. The average molecular weight is 741 g/mol. The maximum Gasteiger partial charge on any atom is 0.435 e. The molecule has 0 radical (unpaired) electrons. The highest BCUT2D eigenvalue weighted by molar-refractivity contribution is 6.28. The Bertz CT molecular complexity index is 2210. The Hall–Kier alpha value is -6.22. The summed E-state index contributed by atoms with van der Waals surface area (Å²) in [5, 5.41) is 14.4. The summed E-state index contributed by atoms with van der Waals surface area (Å²) in [4.78, 5) is 40.2. The molecule has 4 heterocycles. The molecule has 0 fully saturated rings. The van der Waals surface area contributed by atoms with Crippen molar-refractivity contribution >= 4 is 46.8 Å². The molecular formula is C37H38ClFN10O4. The fourth-order valence-electron chi connectivity index (χ4n) is 4.55. The van der Waals surface area contributed by atoms with Gasteiger partial charge in [-0.15, -0.1) is 0 Å². The first-order chi connectivity index (χ1) is 25.0. The van der Waals surface area contributed by atoms with Crippen LogP contribution < -0.4 is 10.6 Å². The molecule has 0 saturated heterocycles. The molecule has 0 unspecified atom stereocenters. The molecule has 274 valence electrons. The van der Waals surface area contributed by atoms with Crippen molar-refractivity contribution in [2.75, 3.05) is 10.6 Å². The van der Waals surface area contributed by atoms with E-state index in [-0.39, 0.29) is 5.28 Å². The fraction of sp³-hybridized carbons (Fsp3) is 0.243. The molecule has 14 nitrogen and oxygen atoms in total. The predicted molar refractivity (Wildman–Crippen MR) is 199 cm³/mol. The number of nitrogens with zero attached hydrogens (tertiary/aromatic N) is 8. The van der Waals surface area contributed by atoms with Gasteiger partial charge >= 0.3 is 12.2 Å². The highest BCUT2D eigenvalue weighted by Crippen LogP contribution is 2.27. The monoisotopic (exact) mass is 740 g/mol. The van der Waals surface area contributed by atoms with Crippen LogP contribution in [0, 0.1) is 12.7 Å². The van der Waals surface area contributed by atoms with Crippen LogP contribution in [0.1, 0.15) is 47.4 Å². The number of hydrogen-bond donors (Lipinski definition) is 2. The number of rotatable bonds is 6. The smallest absolute Gasteiger partial charge is 0.435 e. The first kappa shape index (κ1) is 38.0. The topological polar surface area (TPSA) is 164 Å². The van der Waals surface area contributed by atoms with Gasteiger partial charge in [-0.25, -0.2) is 33.9 Å². The van der Waals surface area contributed by atoms with Crippen LogP contribution in [-0.2, 0) is 9.47 Å². The van der Waals surface area contributed by atoms with Crippen molar-refractivity contribution in [3.63, 3.8) is 0 Å². The molecule has 0 aliphatic heterocycles. The normalized spacial score (nSPS) is 11.3. The van der Waals surface area contributed by atoms with Gasteiger partial charge in [0.05, 0.1) is 12.4 Å². The second-order valence-corrected chi connectivity index (χ2v) is 13.9. The van der Waals surface area contributed by atoms with Crippen LogP contribution in [0.25, 0.3) is 22.3 Å². The quantitative estimate of drug-likeness (QED) is 0.156. The standard InChI is InChI=1S/C19H20FN5O2.C18H18ClN5O2/c1-12-21-8-7-17(23-12)24-14-5-6-15(16(20)9-14)13-10-22-25(11-13)18(26)27-19(2,3)4;1-18(2,3)26-17(25)24-11-13(10-21-24)12-4-6-14(7-5-12)22-15-8-9-20-16(19)23-15/h5-11H,1-4H3,(H,21,23,24);4-11H,1-3H3,(H,20,22,23). The molecule has 6 aromatic rings. The van der Waals surface area contributed by atoms with E-state index in [9.17, 15) is 14.0 Å². The Balaban J connectivity index is 0.000000204. The highest BCUT2D eigenvalue weighted by atomic mass is 35.5. The van der Waals surface area contributed by atoms with Gasteiger partial charge in [0.2, 0.25) is 5.28 Å². The zero-order valence-corrected chi connectivity index (χ0v) is 30.9. The Morgan fingerprint density at radius 3 is 1.79 bits per heavy atom. The highest BCUT2D eigenvalue weighted by Gasteiger charge is 2.20. The third-order valence-electron chi connectivity index (χ3n) is 6.77. The van der Waals surface area contributed by atoms with Gasteiger partial charge in [0, 0.05) is 52.9 Å². The third-order valence-corrected chi connectivity index (χ3v) is 6.95. The molecule has 6 rings (SSSR count). The van der Waals surface area contributed by atoms with Crippen LogP contribution in [0.5, 0.6) is 0 Å². The molecule has 0 atom stereocenters. The lowest BCUT2D eigenvalue weighted by Crippen LogP contribution is -2.27. The van der Waals surface area contributed by atoms with Gasteiger partial charge in [-0.1, -0.05) is 12.1 Å². The molecule has 2 N–H and O–H groups in total. The zero-order chi connectivity index (χ0) is 38.3. The van der Waals surface area contributed by atoms with E-state index in [0.29, 0.717) is 34.3 Å². The minimum Gasteiger partial charge on any atom is -0.442 e. The van der Waals surface area contributed by atoms with Gasteiger partial charge in [0.25, 0.3) is 0 Å². The number of carbonyl (C=O) groups is 2. The molecule has 0 aliphatic carbocycles. The summed E-state index contributed by atoms with van der Waals surface area (Å²) in [6, 6.07) is 15.8. The number of benzene rings is 2. The van der Waals surface area contributed by atoms with Crippen molar-refractivity contribution in [1.82, 2.24) is 39.5 Å². The number of hydrogen-bond acceptors (Lipinski definition) is 12. The number of anilines is 4. The van der Waals surface area contributed by atoms with Crippen molar-refractivity contribution in [2.24, 2.45) is 0 Å². The number of halogens is 2. The van der Waals surface area contributed by atoms with E-state index in [2.05, 4.69) is 40.8 Å². The molecule has 0 saturated carbocycles. The van der Waals surface area contributed by atoms with E-state index in [0.717, 1.165) is 21.5 Å². The van der Waals surface area contributed by atoms with Gasteiger partial charge in [0.15, 0.2) is 0 Å². The summed E-state index contributed by atoms with van der Waals surface area (Å²) >= 11 is 5.77. The van der Waals surface area contributed by atoms with E-state index < -0.39 is 29.2 Å². The molecular weight excluding hydrogens is 703 g/mol. The number of aryl methyl sites for hydroxylation is 1. The number of ether oxygens (including phenoxy) is 2. The first-order valence-corrected chi connectivity index (χ1v) is 16.7. The maximum absolute atomic E-state index is 14.6. The van der Waals surface area contributed by atoms with Crippen LogP contribution in [0.15, 0.2) is 91.8 Å². The summed E-state index contributed by atoms with van der Waals surface area (Å²) in [6.07, 6.45) is 8.19. The van der Waals surface area contributed by atoms with E-state index in [1.54, 1.807) is 76.7 Å². The van der Waals surface area contributed by atoms with Crippen LogP contribution in [0.4, 0.5) is 37.0 Å². The molecule has 4 aromatic heterocycles. The van der Waals surface area contributed by atoms with Crippen molar-refractivity contribution in [3.8, 4) is 22.3 Å². The lowest BCUT2D eigenvalue weighted by molar-refractivity contribution is 0.0503. The summed E-state index contributed by atoms with van der Waals surface area (Å²) in [5.41, 5.74) is 2.73. The molecule has 16 heteroatoms. The van der Waals surface area contributed by atoms with E-state index in [1.165, 1.54) is 23.1 Å². The van der Waals surface area contributed by atoms with E-state index >= 15 is 0 Å². The molecule has 0 spiro atoms. The minimum atomic E-state index is -0.638. The van der Waals surface area contributed by atoms with Gasteiger partial charge in [0.1, 0.15) is 34.5 Å². The third kappa shape index (κ3) is 11.1. The van der Waals surface area contributed by atoms with E-state index in [1.807, 2.05) is 45.0 Å². The van der Waals surface area contributed by atoms with E-state index in [4.69, 9.17) is 21.1 Å². The molecule has 0 bridgehead atoms. The van der Waals surface area contributed by atoms with Gasteiger partial charge in [-0.3, -0.25) is 0 Å². The molecule has 2 aromatic carbocycles. The Morgan fingerprint density at radius 2 is 1.23 bits per heavy atom. The minimum absolute atomic E-state index is 0.182. The summed E-state index contributed by atoms with van der Waals surface area (Å²) in [5.74, 6) is 1.35. The maximum atomic E-state index is 14.6. The van der Waals surface area contributed by atoms with Crippen LogP contribution >= 0.6 is 11.6 Å². The van der Waals surface area contributed by atoms with Crippen molar-refractivity contribution in [3.05, 3.63) is 109 Å². The zero-order valence-electron chi connectivity index (χ0n) is 30.1. The van der Waals surface area contributed by atoms with Crippen molar-refractivity contribution in [2.45, 2.75) is 59.7 Å². The Morgan fingerprint density at radius 1 is 0.698 bits per heavy atom. The summed E-state index contributed by atoms with van der Waals surface area (Å²) in [6.45, 7) is 12.5. The second kappa shape index (κ2) is 16.0. The van der Waals surface area contributed by atoms with Crippen LogP contribution in [0.2, 0.25) is 5.28 Å². The first-order valence-electron chi connectivity index (χ1n) is 16.3. The van der Waals surface area contributed by atoms with Crippen LogP contribution in [0.3, 0.4) is 0 Å². The largest absolute Gasteiger partial charge is 0.442 e. The Labute approximate surface area is 310 Å². The lowest BCUT2D eigenvalue weighted by Gasteiger charge is -2.18. The lowest BCUT2D eigenvalue weighted by atomic mass is 10.1.